The van der Waals surface area contributed by atoms with Crippen LogP contribution in [0.1, 0.15) is 38.5 Å². The fourth-order valence-corrected chi connectivity index (χ4v) is 4.94. The Hall–Kier alpha value is -3.04. The van der Waals surface area contributed by atoms with E-state index in [1.54, 1.807) is 0 Å². The molecule has 0 radical (unpaired) electrons. The largest absolute Gasteiger partial charge is 0.455 e. The zero-order valence-corrected chi connectivity index (χ0v) is 19.3. The van der Waals surface area contributed by atoms with E-state index >= 15 is 0 Å². The number of rotatable bonds is 8. The van der Waals surface area contributed by atoms with Crippen LogP contribution < -0.4 is 15.0 Å². The maximum atomic E-state index is 11.6. The van der Waals surface area contributed by atoms with Gasteiger partial charge in [0, 0.05) is 32.2 Å². The molecular weight excluding hydrogens is 412 g/mol. The molecule has 1 saturated heterocycles. The Bertz CT molecular complexity index is 927. The molecule has 0 bridgehead atoms. The average Bonchev–Trinajstić information content (AvgIpc) is 2.85. The molecule has 0 unspecified atom stereocenters. The number of para-hydroxylation sites is 3. The van der Waals surface area contributed by atoms with Crippen LogP contribution in [-0.2, 0) is 4.79 Å². The highest BCUT2D eigenvalue weighted by Crippen LogP contribution is 2.33. The first-order valence-electron chi connectivity index (χ1n) is 12.2. The van der Waals surface area contributed by atoms with Crippen molar-refractivity contribution in [3.8, 4) is 17.6 Å². The number of benzene rings is 2. The van der Waals surface area contributed by atoms with Crippen molar-refractivity contribution >= 4 is 11.6 Å². The maximum absolute atomic E-state index is 11.6. The van der Waals surface area contributed by atoms with Gasteiger partial charge in [-0.1, -0.05) is 30.3 Å². The van der Waals surface area contributed by atoms with E-state index in [-0.39, 0.29) is 18.4 Å². The van der Waals surface area contributed by atoms with Crippen molar-refractivity contribution in [3.63, 3.8) is 0 Å². The number of nitriles is 1. The normalized spacial score (nSPS) is 21.2. The molecule has 2 aromatic rings. The van der Waals surface area contributed by atoms with Crippen molar-refractivity contribution in [2.24, 2.45) is 5.92 Å². The molecule has 1 N–H and O–H groups in total. The molecule has 6 heteroatoms. The lowest BCUT2D eigenvalue weighted by atomic mass is 9.84. The van der Waals surface area contributed by atoms with Gasteiger partial charge >= 0.3 is 0 Å². The lowest BCUT2D eigenvalue weighted by molar-refractivity contribution is -0.121. The summed E-state index contributed by atoms with van der Waals surface area (Å²) in [7, 11) is 0. The number of carbonyl (C=O) groups is 1. The Labute approximate surface area is 197 Å². The molecule has 174 valence electrons. The predicted molar refractivity (Wildman–Crippen MR) is 130 cm³/mol. The number of carbonyl (C=O) groups excluding carboxylic acids is 1. The SMILES string of the molecule is N#CCC(=O)N[C@H]1CC[C@H](CCN2CCN(c3ccccc3Oc3ccccc3)CC2)CC1. The molecule has 1 aliphatic heterocycles. The van der Waals surface area contributed by atoms with E-state index in [4.69, 9.17) is 10.00 Å². The van der Waals surface area contributed by atoms with Crippen molar-refractivity contribution in [2.75, 3.05) is 37.6 Å². The molecule has 2 aliphatic rings. The van der Waals surface area contributed by atoms with E-state index in [9.17, 15) is 4.79 Å². The lowest BCUT2D eigenvalue weighted by Gasteiger charge is -2.37. The Morgan fingerprint density at radius 2 is 1.67 bits per heavy atom. The molecular formula is C27H34N4O2. The van der Waals surface area contributed by atoms with Gasteiger partial charge in [-0.2, -0.15) is 5.26 Å². The first-order chi connectivity index (χ1) is 16.2. The molecule has 1 aliphatic carbocycles. The van der Waals surface area contributed by atoms with Crippen molar-refractivity contribution in [2.45, 2.75) is 44.6 Å². The highest BCUT2D eigenvalue weighted by molar-refractivity contribution is 5.78. The summed E-state index contributed by atoms with van der Waals surface area (Å²) < 4.78 is 6.17. The monoisotopic (exact) mass is 446 g/mol. The third-order valence-electron chi connectivity index (χ3n) is 6.85. The van der Waals surface area contributed by atoms with Crippen LogP contribution in [0, 0.1) is 17.2 Å². The zero-order valence-electron chi connectivity index (χ0n) is 19.3. The van der Waals surface area contributed by atoms with Crippen LogP contribution in [0.5, 0.6) is 11.5 Å². The molecule has 6 nitrogen and oxygen atoms in total. The fourth-order valence-electron chi connectivity index (χ4n) is 4.94. The van der Waals surface area contributed by atoms with Crippen LogP contribution in [0.2, 0.25) is 0 Å². The van der Waals surface area contributed by atoms with Crippen LogP contribution in [0.4, 0.5) is 5.69 Å². The van der Waals surface area contributed by atoms with Gasteiger partial charge in [0.1, 0.15) is 12.2 Å². The highest BCUT2D eigenvalue weighted by atomic mass is 16.5. The van der Waals surface area contributed by atoms with Gasteiger partial charge in [-0.15, -0.1) is 0 Å². The second-order valence-corrected chi connectivity index (χ2v) is 9.12. The van der Waals surface area contributed by atoms with Gasteiger partial charge in [-0.25, -0.2) is 0 Å². The van der Waals surface area contributed by atoms with Crippen LogP contribution in [0.15, 0.2) is 54.6 Å². The molecule has 0 atom stereocenters. The number of ether oxygens (including phenoxy) is 1. The van der Waals surface area contributed by atoms with Crippen molar-refractivity contribution in [3.05, 3.63) is 54.6 Å². The lowest BCUT2D eigenvalue weighted by Crippen LogP contribution is -2.47. The summed E-state index contributed by atoms with van der Waals surface area (Å²) in [6.07, 6.45) is 5.60. The molecule has 1 saturated carbocycles. The van der Waals surface area contributed by atoms with Crippen molar-refractivity contribution in [1.29, 1.82) is 5.26 Å². The first kappa shape index (κ1) is 23.1. The summed E-state index contributed by atoms with van der Waals surface area (Å²) in [6.45, 7) is 5.30. The Morgan fingerprint density at radius 1 is 0.970 bits per heavy atom. The van der Waals surface area contributed by atoms with E-state index in [2.05, 4.69) is 27.2 Å². The van der Waals surface area contributed by atoms with Gasteiger partial charge in [0.15, 0.2) is 5.75 Å². The molecule has 2 fully saturated rings. The third-order valence-corrected chi connectivity index (χ3v) is 6.85. The number of piperazine rings is 1. The smallest absolute Gasteiger partial charge is 0.234 e. The number of hydrogen-bond acceptors (Lipinski definition) is 5. The fraction of sp³-hybridized carbons (Fsp3) is 0.481. The summed E-state index contributed by atoms with van der Waals surface area (Å²) in [5.74, 6) is 2.39. The van der Waals surface area contributed by atoms with Gasteiger partial charge in [0.2, 0.25) is 5.91 Å². The number of amides is 1. The summed E-state index contributed by atoms with van der Waals surface area (Å²) >= 11 is 0. The number of nitrogens with one attached hydrogen (secondary N) is 1. The maximum Gasteiger partial charge on any atom is 0.234 e. The zero-order chi connectivity index (χ0) is 22.9. The minimum Gasteiger partial charge on any atom is -0.455 e. The average molecular weight is 447 g/mol. The number of anilines is 1. The molecule has 2 aromatic carbocycles. The van der Waals surface area contributed by atoms with Crippen LogP contribution in [0.3, 0.4) is 0 Å². The van der Waals surface area contributed by atoms with Crippen molar-refractivity contribution < 1.29 is 9.53 Å². The summed E-state index contributed by atoms with van der Waals surface area (Å²) in [5.41, 5.74) is 1.16. The van der Waals surface area contributed by atoms with Crippen LogP contribution in [0.25, 0.3) is 0 Å². The Balaban J connectivity index is 1.20. The van der Waals surface area contributed by atoms with Crippen LogP contribution >= 0.6 is 0 Å². The topological polar surface area (TPSA) is 68.6 Å². The van der Waals surface area contributed by atoms with E-state index in [1.165, 1.54) is 19.3 Å². The molecule has 0 aromatic heterocycles. The second-order valence-electron chi connectivity index (χ2n) is 9.12. The Kier molecular flexibility index (Phi) is 8.21. The summed E-state index contributed by atoms with van der Waals surface area (Å²) in [4.78, 5) is 16.6. The minimum absolute atomic E-state index is 0.0330. The van der Waals surface area contributed by atoms with Gasteiger partial charge < -0.3 is 15.0 Å². The van der Waals surface area contributed by atoms with Gasteiger partial charge in [0.25, 0.3) is 0 Å². The number of hydrogen-bond donors (Lipinski definition) is 1. The van der Waals surface area contributed by atoms with Gasteiger partial charge in [0.05, 0.1) is 11.8 Å². The van der Waals surface area contributed by atoms with Gasteiger partial charge in [-0.05, 0) is 68.8 Å². The van der Waals surface area contributed by atoms with Crippen LogP contribution in [-0.4, -0.2) is 49.6 Å². The molecule has 0 spiro atoms. The molecule has 1 heterocycles. The molecule has 4 rings (SSSR count). The number of nitrogens with zero attached hydrogens (tertiary/aromatic N) is 3. The predicted octanol–water partition coefficient (Wildman–Crippen LogP) is 4.58. The second kappa shape index (κ2) is 11.7. The third kappa shape index (κ3) is 6.72. The van der Waals surface area contributed by atoms with E-state index in [0.29, 0.717) is 0 Å². The summed E-state index contributed by atoms with van der Waals surface area (Å²) in [5, 5.41) is 11.6. The van der Waals surface area contributed by atoms with Crippen molar-refractivity contribution in [1.82, 2.24) is 10.2 Å². The quantitative estimate of drug-likeness (QED) is 0.643. The Morgan fingerprint density at radius 3 is 2.39 bits per heavy atom. The summed E-state index contributed by atoms with van der Waals surface area (Å²) in [6, 6.07) is 20.5. The minimum atomic E-state index is -0.130. The van der Waals surface area contributed by atoms with Gasteiger partial charge in [-0.3, -0.25) is 9.69 Å². The standard InChI is InChI=1S/C27H34N4O2/c28-16-14-27(32)29-23-12-10-22(11-13-23)15-17-30-18-20-31(21-19-30)25-8-4-5-9-26(25)33-24-6-2-1-3-7-24/h1-9,22-23H,10-15,17-21H2,(H,29,32)/t22-,23-. The van der Waals surface area contributed by atoms with E-state index in [0.717, 1.165) is 68.7 Å². The molecule has 33 heavy (non-hydrogen) atoms. The molecule has 1 amide bonds. The highest BCUT2D eigenvalue weighted by Gasteiger charge is 2.24. The first-order valence-corrected chi connectivity index (χ1v) is 12.2. The van der Waals surface area contributed by atoms with E-state index < -0.39 is 0 Å². The van der Waals surface area contributed by atoms with E-state index in [1.807, 2.05) is 48.5 Å².